The van der Waals surface area contributed by atoms with Gasteiger partial charge in [-0.25, -0.2) is 13.4 Å². The molecule has 1 N–H and O–H groups in total. The first-order valence-corrected chi connectivity index (χ1v) is 10.2. The largest absolute Gasteiger partial charge is 0.345 e. The quantitative estimate of drug-likeness (QED) is 0.762. The summed E-state index contributed by atoms with van der Waals surface area (Å²) in [7, 11) is -2.97. The molecule has 0 unspecified atom stereocenters. The molecule has 0 atom stereocenters. The van der Waals surface area contributed by atoms with Crippen LogP contribution in [0.3, 0.4) is 0 Å². The van der Waals surface area contributed by atoms with Gasteiger partial charge in [0, 0.05) is 12.6 Å². The van der Waals surface area contributed by atoms with E-state index in [0.717, 1.165) is 49.1 Å². The molecular formula is C16H19N5O2S. The minimum atomic E-state index is -2.97. The molecule has 7 nitrogen and oxygen atoms in total. The highest BCUT2D eigenvalue weighted by atomic mass is 32.2. The first kappa shape index (κ1) is 14.4. The van der Waals surface area contributed by atoms with Gasteiger partial charge in [0.2, 0.25) is 0 Å². The van der Waals surface area contributed by atoms with Crippen molar-refractivity contribution in [2.45, 2.75) is 43.8 Å². The second-order valence-corrected chi connectivity index (χ2v) is 9.60. The van der Waals surface area contributed by atoms with Gasteiger partial charge < -0.3 is 4.98 Å². The number of sulfone groups is 1. The first-order valence-electron chi connectivity index (χ1n) is 8.44. The van der Waals surface area contributed by atoms with Crippen LogP contribution in [0.1, 0.15) is 37.9 Å². The van der Waals surface area contributed by atoms with Crippen LogP contribution in [0.2, 0.25) is 0 Å². The van der Waals surface area contributed by atoms with Crippen LogP contribution in [0.25, 0.3) is 16.8 Å². The predicted octanol–water partition coefficient (Wildman–Crippen LogP) is 1.90. The van der Waals surface area contributed by atoms with Crippen LogP contribution < -0.4 is 0 Å². The van der Waals surface area contributed by atoms with E-state index in [0.29, 0.717) is 17.8 Å². The van der Waals surface area contributed by atoms with Crippen molar-refractivity contribution in [3.63, 3.8) is 0 Å². The Morgan fingerprint density at radius 3 is 2.83 bits per heavy atom. The third-order valence-electron chi connectivity index (χ3n) is 5.50. The average molecular weight is 345 g/mol. The van der Waals surface area contributed by atoms with Crippen molar-refractivity contribution in [1.82, 2.24) is 24.6 Å². The molecule has 2 aliphatic carbocycles. The van der Waals surface area contributed by atoms with Crippen LogP contribution in [-0.4, -0.2) is 44.0 Å². The van der Waals surface area contributed by atoms with Gasteiger partial charge in [0.25, 0.3) is 0 Å². The van der Waals surface area contributed by atoms with E-state index < -0.39 is 9.84 Å². The molecule has 2 fully saturated rings. The van der Waals surface area contributed by atoms with E-state index in [1.54, 1.807) is 6.20 Å². The smallest absolute Gasteiger partial charge is 0.179 e. The summed E-state index contributed by atoms with van der Waals surface area (Å²) in [5.74, 6) is 1.13. The standard InChI is InChI=1S/C16H19N5O2S/c22-24(23,11-2-3-11)10-16(5-1-6-16)8-13-19-20-14-9-18-15-12(21(13)14)4-7-17-15/h4,7,9,11,17H,1-3,5-6,8,10H2. The molecule has 0 spiro atoms. The monoisotopic (exact) mass is 345 g/mol. The Kier molecular flexibility index (Phi) is 2.87. The van der Waals surface area contributed by atoms with E-state index in [2.05, 4.69) is 20.2 Å². The number of hydrogen-bond donors (Lipinski definition) is 1. The summed E-state index contributed by atoms with van der Waals surface area (Å²) in [4.78, 5) is 7.43. The van der Waals surface area contributed by atoms with Gasteiger partial charge in [-0.1, -0.05) is 6.42 Å². The fraction of sp³-hybridized carbons (Fsp3) is 0.562. The van der Waals surface area contributed by atoms with Crippen LogP contribution in [0.15, 0.2) is 18.5 Å². The van der Waals surface area contributed by atoms with E-state index in [1.807, 2.05) is 16.7 Å². The van der Waals surface area contributed by atoms with E-state index in [4.69, 9.17) is 0 Å². The minimum Gasteiger partial charge on any atom is -0.345 e. The molecule has 0 aliphatic heterocycles. The molecule has 0 radical (unpaired) electrons. The molecule has 2 saturated carbocycles. The van der Waals surface area contributed by atoms with Gasteiger partial charge >= 0.3 is 0 Å². The highest BCUT2D eigenvalue weighted by Crippen LogP contribution is 2.46. The third kappa shape index (κ3) is 2.16. The van der Waals surface area contributed by atoms with Gasteiger partial charge in [-0.3, -0.25) is 4.40 Å². The van der Waals surface area contributed by atoms with Crippen LogP contribution in [0.4, 0.5) is 0 Å². The Morgan fingerprint density at radius 1 is 1.29 bits per heavy atom. The zero-order valence-electron chi connectivity index (χ0n) is 13.3. The summed E-state index contributed by atoms with van der Waals surface area (Å²) < 4.78 is 27.0. The summed E-state index contributed by atoms with van der Waals surface area (Å²) in [5, 5.41) is 8.48. The molecule has 0 aromatic carbocycles. The van der Waals surface area contributed by atoms with Gasteiger partial charge in [-0.05, 0) is 37.2 Å². The fourth-order valence-electron chi connectivity index (χ4n) is 3.91. The van der Waals surface area contributed by atoms with Crippen molar-refractivity contribution in [2.75, 3.05) is 5.75 Å². The maximum absolute atomic E-state index is 12.5. The van der Waals surface area contributed by atoms with Crippen LogP contribution >= 0.6 is 0 Å². The number of hydrogen-bond acceptors (Lipinski definition) is 5. The zero-order valence-corrected chi connectivity index (χ0v) is 14.1. The molecule has 3 heterocycles. The fourth-order valence-corrected chi connectivity index (χ4v) is 6.24. The number of aromatic amines is 1. The summed E-state index contributed by atoms with van der Waals surface area (Å²) in [6.07, 6.45) is 8.87. The number of aromatic nitrogens is 5. The second-order valence-electron chi connectivity index (χ2n) is 7.32. The van der Waals surface area contributed by atoms with E-state index in [9.17, 15) is 8.42 Å². The third-order valence-corrected chi connectivity index (χ3v) is 8.00. The van der Waals surface area contributed by atoms with Gasteiger partial charge in [0.15, 0.2) is 21.1 Å². The van der Waals surface area contributed by atoms with Crippen LogP contribution in [-0.2, 0) is 16.3 Å². The molecule has 2 aliphatic rings. The molecular weight excluding hydrogens is 326 g/mol. The van der Waals surface area contributed by atoms with Crippen molar-refractivity contribution >= 4 is 26.6 Å². The summed E-state index contributed by atoms with van der Waals surface area (Å²) in [6.45, 7) is 0. The van der Waals surface area contributed by atoms with Gasteiger partial charge in [0.1, 0.15) is 5.82 Å². The van der Waals surface area contributed by atoms with Gasteiger partial charge in [-0.2, -0.15) is 0 Å². The lowest BCUT2D eigenvalue weighted by atomic mass is 9.68. The number of rotatable bonds is 5. The lowest BCUT2D eigenvalue weighted by Gasteiger charge is -2.41. The van der Waals surface area contributed by atoms with Gasteiger partial charge in [0.05, 0.1) is 22.7 Å². The van der Waals surface area contributed by atoms with E-state index in [-0.39, 0.29) is 10.7 Å². The maximum atomic E-state index is 12.5. The minimum absolute atomic E-state index is 0.0919. The molecule has 126 valence electrons. The second kappa shape index (κ2) is 4.78. The first-order chi connectivity index (χ1) is 11.6. The highest BCUT2D eigenvalue weighted by molar-refractivity contribution is 7.92. The normalized spacial score (nSPS) is 20.5. The van der Waals surface area contributed by atoms with Crippen molar-refractivity contribution in [1.29, 1.82) is 0 Å². The Balaban J connectivity index is 1.54. The van der Waals surface area contributed by atoms with Gasteiger partial charge in [-0.15, -0.1) is 10.2 Å². The molecule has 3 aromatic rings. The Hall–Kier alpha value is -1.96. The lowest BCUT2D eigenvalue weighted by Crippen LogP contribution is -2.40. The van der Waals surface area contributed by atoms with Crippen LogP contribution in [0, 0.1) is 5.41 Å². The number of fused-ring (bicyclic) bond motifs is 3. The molecule has 3 aromatic heterocycles. The SMILES string of the molecule is O=S(=O)(CC1(Cc2nnc3cnc4[nH]ccc4n23)CCC1)C1CC1. The zero-order chi connectivity index (χ0) is 16.4. The highest BCUT2D eigenvalue weighted by Gasteiger charge is 2.46. The number of H-pyrrole nitrogens is 1. The van der Waals surface area contributed by atoms with Crippen LogP contribution in [0.5, 0.6) is 0 Å². The summed E-state index contributed by atoms with van der Waals surface area (Å²) in [6, 6.07) is 1.95. The van der Waals surface area contributed by atoms with E-state index >= 15 is 0 Å². The molecule has 8 heteroatoms. The van der Waals surface area contributed by atoms with E-state index in [1.165, 1.54) is 0 Å². The molecule has 5 rings (SSSR count). The van der Waals surface area contributed by atoms with Crippen molar-refractivity contribution in [3.8, 4) is 0 Å². The van der Waals surface area contributed by atoms with Crippen molar-refractivity contribution in [2.24, 2.45) is 5.41 Å². The molecule has 24 heavy (non-hydrogen) atoms. The average Bonchev–Trinajstić information content (AvgIpc) is 3.15. The maximum Gasteiger partial charge on any atom is 0.179 e. The lowest BCUT2D eigenvalue weighted by molar-refractivity contribution is 0.161. The summed E-state index contributed by atoms with van der Waals surface area (Å²) >= 11 is 0. The molecule has 0 amide bonds. The number of nitrogens with one attached hydrogen (secondary N) is 1. The summed E-state index contributed by atoms with van der Waals surface area (Å²) in [5.41, 5.74) is 2.26. The Bertz CT molecular complexity index is 1030. The van der Waals surface area contributed by atoms with Crippen molar-refractivity contribution < 1.29 is 8.42 Å². The van der Waals surface area contributed by atoms with Crippen molar-refractivity contribution in [3.05, 3.63) is 24.3 Å². The number of nitrogens with zero attached hydrogens (tertiary/aromatic N) is 4. The topological polar surface area (TPSA) is 93.0 Å². The predicted molar refractivity (Wildman–Crippen MR) is 89.4 cm³/mol. The Labute approximate surface area is 139 Å². The molecule has 0 saturated heterocycles. The molecule has 0 bridgehead atoms. The Morgan fingerprint density at radius 2 is 2.12 bits per heavy atom.